The molecule has 0 aliphatic carbocycles. The van der Waals surface area contributed by atoms with Gasteiger partial charge in [-0.25, -0.2) is 14.8 Å². The van der Waals surface area contributed by atoms with Gasteiger partial charge in [0.2, 0.25) is 0 Å². The van der Waals surface area contributed by atoms with Gasteiger partial charge in [0.25, 0.3) is 0 Å². The molecule has 2 N–H and O–H groups in total. The van der Waals surface area contributed by atoms with Crippen LogP contribution in [0, 0.1) is 0 Å². The van der Waals surface area contributed by atoms with E-state index in [4.69, 9.17) is 4.74 Å². The molecule has 6 heteroatoms. The van der Waals surface area contributed by atoms with E-state index in [-0.39, 0.29) is 5.69 Å². The summed E-state index contributed by atoms with van der Waals surface area (Å²) in [5.74, 6) is -0.580. The third-order valence-corrected chi connectivity index (χ3v) is 3.18. The Morgan fingerprint density at radius 2 is 2.21 bits per heavy atom. The van der Waals surface area contributed by atoms with Crippen LogP contribution in [0.2, 0.25) is 0 Å². The van der Waals surface area contributed by atoms with Gasteiger partial charge in [0, 0.05) is 31.7 Å². The first-order valence-corrected chi connectivity index (χ1v) is 6.44. The van der Waals surface area contributed by atoms with Gasteiger partial charge in [-0.15, -0.1) is 0 Å². The number of aromatic nitrogens is 2. The summed E-state index contributed by atoms with van der Waals surface area (Å²) in [4.78, 5) is 20.1. The topological polar surface area (TPSA) is 84.3 Å². The van der Waals surface area contributed by atoms with Gasteiger partial charge in [-0.3, -0.25) is 0 Å². The fraction of sp³-hybridized carbons (Fsp3) is 0.615. The minimum Gasteiger partial charge on any atom is -0.476 e. The molecule has 0 unspecified atom stereocenters. The van der Waals surface area contributed by atoms with Crippen molar-refractivity contribution in [3.63, 3.8) is 0 Å². The third kappa shape index (κ3) is 2.74. The zero-order chi connectivity index (χ0) is 14.0. The Bertz CT molecular complexity index is 500. The van der Waals surface area contributed by atoms with Crippen molar-refractivity contribution in [3.05, 3.63) is 22.8 Å². The molecule has 19 heavy (non-hydrogen) atoms. The van der Waals surface area contributed by atoms with Crippen molar-refractivity contribution in [2.75, 3.05) is 13.2 Å². The molecule has 1 aromatic rings. The van der Waals surface area contributed by atoms with Crippen LogP contribution < -0.4 is 5.32 Å². The molecule has 104 valence electrons. The molecule has 0 fully saturated rings. The van der Waals surface area contributed by atoms with Gasteiger partial charge in [-0.1, -0.05) is 0 Å². The predicted molar refractivity (Wildman–Crippen MR) is 69.1 cm³/mol. The molecular weight excluding hydrogens is 246 g/mol. The van der Waals surface area contributed by atoms with Crippen molar-refractivity contribution in [1.82, 2.24) is 15.3 Å². The summed E-state index contributed by atoms with van der Waals surface area (Å²) in [6, 6.07) is 0. The number of nitrogens with one attached hydrogen (secondary N) is 1. The maximum absolute atomic E-state index is 11.4. The first-order chi connectivity index (χ1) is 8.95. The van der Waals surface area contributed by atoms with Crippen molar-refractivity contribution >= 4 is 5.97 Å². The molecule has 1 aromatic heterocycles. The van der Waals surface area contributed by atoms with Crippen molar-refractivity contribution in [3.8, 4) is 0 Å². The number of nitrogens with zero attached hydrogens (tertiary/aromatic N) is 2. The minimum absolute atomic E-state index is 0.0833. The molecule has 1 aliphatic heterocycles. The van der Waals surface area contributed by atoms with Crippen molar-refractivity contribution in [2.24, 2.45) is 0 Å². The number of carboxylic acids is 1. The average Bonchev–Trinajstić information content (AvgIpc) is 2.37. The number of aromatic carboxylic acids is 1. The van der Waals surface area contributed by atoms with E-state index in [0.29, 0.717) is 31.0 Å². The lowest BCUT2D eigenvalue weighted by Crippen LogP contribution is -2.32. The zero-order valence-corrected chi connectivity index (χ0v) is 11.5. The number of ether oxygens (including phenoxy) is 1. The second-order valence-electron chi connectivity index (χ2n) is 5.00. The van der Waals surface area contributed by atoms with Crippen molar-refractivity contribution < 1.29 is 14.6 Å². The van der Waals surface area contributed by atoms with E-state index in [1.807, 2.05) is 20.8 Å². The normalized spacial score (nSPS) is 15.1. The highest BCUT2D eigenvalue weighted by atomic mass is 16.5. The van der Waals surface area contributed by atoms with E-state index in [2.05, 4.69) is 15.3 Å². The van der Waals surface area contributed by atoms with Gasteiger partial charge < -0.3 is 15.2 Å². The lowest BCUT2D eigenvalue weighted by Gasteiger charge is -2.26. The smallest absolute Gasteiger partial charge is 0.354 e. The second-order valence-corrected chi connectivity index (χ2v) is 5.00. The van der Waals surface area contributed by atoms with Crippen molar-refractivity contribution in [1.29, 1.82) is 0 Å². The van der Waals surface area contributed by atoms with E-state index >= 15 is 0 Å². The number of rotatable bonds is 4. The lowest BCUT2D eigenvalue weighted by atomic mass is 10.0. The molecule has 6 nitrogen and oxygen atoms in total. The highest BCUT2D eigenvalue weighted by Gasteiger charge is 2.29. The first-order valence-electron chi connectivity index (χ1n) is 6.44. The number of carboxylic acid groups (broad SMARTS) is 1. The Morgan fingerprint density at radius 1 is 1.47 bits per heavy atom. The fourth-order valence-electron chi connectivity index (χ4n) is 2.21. The van der Waals surface area contributed by atoms with Crippen LogP contribution in [0.25, 0.3) is 0 Å². The standard InChI is InChI=1S/C13H19N3O3/c1-4-19-13(2,3)12-15-9-5-6-14-7-8(9)10(16-12)11(17)18/h14H,4-7H2,1-3H3,(H,17,18). The summed E-state index contributed by atoms with van der Waals surface area (Å²) < 4.78 is 5.61. The molecule has 0 saturated heterocycles. The van der Waals surface area contributed by atoms with Crippen molar-refractivity contribution in [2.45, 2.75) is 39.3 Å². The van der Waals surface area contributed by atoms with E-state index in [1.165, 1.54) is 0 Å². The number of fused-ring (bicyclic) bond motifs is 1. The Balaban J connectivity index is 2.52. The molecule has 2 heterocycles. The van der Waals surface area contributed by atoms with Crippen LogP contribution >= 0.6 is 0 Å². The largest absolute Gasteiger partial charge is 0.476 e. The molecule has 0 atom stereocenters. The summed E-state index contributed by atoms with van der Waals surface area (Å²) >= 11 is 0. The molecular formula is C13H19N3O3. The maximum atomic E-state index is 11.4. The van der Waals surface area contributed by atoms with Gasteiger partial charge >= 0.3 is 5.97 Å². The van der Waals surface area contributed by atoms with E-state index in [9.17, 15) is 9.90 Å². The quantitative estimate of drug-likeness (QED) is 0.848. The van der Waals surface area contributed by atoms with Crippen LogP contribution in [0.1, 0.15) is 48.3 Å². The predicted octanol–water partition coefficient (Wildman–Crippen LogP) is 1.09. The van der Waals surface area contributed by atoms with Crippen LogP contribution in [0.3, 0.4) is 0 Å². The summed E-state index contributed by atoms with van der Waals surface area (Å²) in [5, 5.41) is 12.4. The molecule has 0 aromatic carbocycles. The second kappa shape index (κ2) is 5.22. The fourth-order valence-corrected chi connectivity index (χ4v) is 2.21. The summed E-state index contributed by atoms with van der Waals surface area (Å²) in [5.41, 5.74) is 0.905. The van der Waals surface area contributed by atoms with E-state index in [1.54, 1.807) is 0 Å². The molecule has 0 amide bonds. The highest BCUT2D eigenvalue weighted by molar-refractivity contribution is 5.87. The maximum Gasteiger partial charge on any atom is 0.354 e. The Hall–Kier alpha value is -1.53. The molecule has 0 saturated carbocycles. The van der Waals surface area contributed by atoms with Gasteiger partial charge in [0.05, 0.1) is 5.69 Å². The van der Waals surface area contributed by atoms with Crippen LogP contribution in [0.5, 0.6) is 0 Å². The first kappa shape index (κ1) is 13.9. The molecule has 1 aliphatic rings. The average molecular weight is 265 g/mol. The monoisotopic (exact) mass is 265 g/mol. The molecule has 0 bridgehead atoms. The summed E-state index contributed by atoms with van der Waals surface area (Å²) in [6.45, 7) is 7.43. The van der Waals surface area contributed by atoms with Crippen LogP contribution in [-0.4, -0.2) is 34.2 Å². The number of hydrogen-bond acceptors (Lipinski definition) is 5. The van der Waals surface area contributed by atoms with Crippen LogP contribution in [-0.2, 0) is 23.3 Å². The molecule has 2 rings (SSSR count). The van der Waals surface area contributed by atoms with Gasteiger partial charge in [0.15, 0.2) is 11.5 Å². The third-order valence-electron chi connectivity index (χ3n) is 3.18. The van der Waals surface area contributed by atoms with Crippen LogP contribution in [0.4, 0.5) is 0 Å². The Labute approximate surface area is 112 Å². The summed E-state index contributed by atoms with van der Waals surface area (Å²) in [7, 11) is 0. The Morgan fingerprint density at radius 3 is 2.84 bits per heavy atom. The lowest BCUT2D eigenvalue weighted by molar-refractivity contribution is -0.0211. The number of carbonyl (C=O) groups is 1. The van der Waals surface area contributed by atoms with Gasteiger partial charge in [0.1, 0.15) is 5.60 Å². The highest BCUT2D eigenvalue weighted by Crippen LogP contribution is 2.24. The SMILES string of the molecule is CCOC(C)(C)c1nc2c(c(C(=O)O)n1)CNCC2. The zero-order valence-electron chi connectivity index (χ0n) is 11.5. The Kier molecular flexibility index (Phi) is 3.82. The minimum atomic E-state index is -1.02. The van der Waals surface area contributed by atoms with E-state index < -0.39 is 11.6 Å². The van der Waals surface area contributed by atoms with Gasteiger partial charge in [-0.05, 0) is 20.8 Å². The number of hydrogen-bond donors (Lipinski definition) is 2. The molecule has 0 radical (unpaired) electrons. The summed E-state index contributed by atoms with van der Waals surface area (Å²) in [6.07, 6.45) is 0.716. The van der Waals surface area contributed by atoms with Gasteiger partial charge in [-0.2, -0.15) is 0 Å². The molecule has 0 spiro atoms. The van der Waals surface area contributed by atoms with E-state index in [0.717, 1.165) is 12.2 Å². The van der Waals surface area contributed by atoms with Crippen LogP contribution in [0.15, 0.2) is 0 Å².